The van der Waals surface area contributed by atoms with Crippen molar-refractivity contribution in [3.05, 3.63) is 76.5 Å². The van der Waals surface area contributed by atoms with E-state index < -0.39 is 5.91 Å². The molecule has 0 aromatic heterocycles. The van der Waals surface area contributed by atoms with Gasteiger partial charge in [-0.3, -0.25) is 4.79 Å². The molecule has 0 atom stereocenters. The first-order valence-electron chi connectivity index (χ1n) is 8.56. The van der Waals surface area contributed by atoms with Gasteiger partial charge >= 0.3 is 0 Å². The van der Waals surface area contributed by atoms with Crippen LogP contribution in [0.2, 0.25) is 5.02 Å². The van der Waals surface area contributed by atoms with Crippen LogP contribution >= 0.6 is 11.6 Å². The Morgan fingerprint density at radius 1 is 1.15 bits per heavy atom. The second-order valence-corrected chi connectivity index (χ2v) is 6.34. The number of unbranched alkanes of at least 4 members (excludes halogenated alkanes) is 1. The van der Waals surface area contributed by atoms with Gasteiger partial charge in [-0.15, -0.1) is 0 Å². The van der Waals surface area contributed by atoms with Crippen LogP contribution in [0.1, 0.15) is 24.0 Å². The molecule has 0 saturated heterocycles. The molecular formula is C21H22ClN3O. The van der Waals surface area contributed by atoms with Gasteiger partial charge in [-0.2, -0.15) is 5.26 Å². The lowest BCUT2D eigenvalue weighted by atomic mass is 10.1. The lowest BCUT2D eigenvalue weighted by Gasteiger charge is -2.09. The number of nitriles is 1. The van der Waals surface area contributed by atoms with E-state index in [1.54, 1.807) is 18.2 Å². The van der Waals surface area contributed by atoms with E-state index in [9.17, 15) is 10.1 Å². The summed E-state index contributed by atoms with van der Waals surface area (Å²) in [6.07, 6.45) is 4.49. The molecule has 2 rings (SSSR count). The number of carbonyl (C=O) groups excluding carboxylic acids is 1. The molecule has 0 unspecified atom stereocenters. The molecule has 4 nitrogen and oxygen atoms in total. The average Bonchev–Trinajstić information content (AvgIpc) is 2.65. The third-order valence-electron chi connectivity index (χ3n) is 4.01. The molecule has 134 valence electrons. The van der Waals surface area contributed by atoms with Crippen molar-refractivity contribution in [2.24, 2.45) is 0 Å². The number of nitrogens with zero attached hydrogens (tertiary/aromatic N) is 1. The van der Waals surface area contributed by atoms with Crippen LogP contribution in [0.3, 0.4) is 0 Å². The molecular weight excluding hydrogens is 346 g/mol. The summed E-state index contributed by atoms with van der Waals surface area (Å²) in [5, 5.41) is 15.5. The van der Waals surface area contributed by atoms with Gasteiger partial charge in [0.2, 0.25) is 0 Å². The van der Waals surface area contributed by atoms with E-state index in [-0.39, 0.29) is 5.57 Å². The second kappa shape index (κ2) is 10.3. The maximum atomic E-state index is 12.2. The predicted molar refractivity (Wildman–Crippen MR) is 106 cm³/mol. The normalized spacial score (nSPS) is 10.9. The highest BCUT2D eigenvalue weighted by molar-refractivity contribution is 6.31. The van der Waals surface area contributed by atoms with Crippen LogP contribution in [0.4, 0.5) is 5.69 Å². The summed E-state index contributed by atoms with van der Waals surface area (Å²) < 4.78 is 0. The van der Waals surface area contributed by atoms with Crippen molar-refractivity contribution in [1.82, 2.24) is 5.32 Å². The fraction of sp³-hybridized carbons (Fsp3) is 0.238. The number of rotatable bonds is 8. The van der Waals surface area contributed by atoms with Gasteiger partial charge in [0.25, 0.3) is 5.91 Å². The Morgan fingerprint density at radius 3 is 2.65 bits per heavy atom. The Balaban J connectivity index is 1.79. The van der Waals surface area contributed by atoms with Gasteiger partial charge in [-0.05, 0) is 49.4 Å². The summed E-state index contributed by atoms with van der Waals surface area (Å²) in [5.74, 6) is -0.449. The van der Waals surface area contributed by atoms with Crippen LogP contribution < -0.4 is 10.6 Å². The van der Waals surface area contributed by atoms with Crippen LogP contribution in [0.25, 0.3) is 0 Å². The van der Waals surface area contributed by atoms with Crippen LogP contribution in [0.15, 0.2) is 60.3 Å². The van der Waals surface area contributed by atoms with E-state index >= 15 is 0 Å². The minimum absolute atomic E-state index is 0.0347. The number of amides is 1. The number of nitrogens with one attached hydrogen (secondary N) is 2. The van der Waals surface area contributed by atoms with E-state index in [1.165, 1.54) is 11.8 Å². The highest BCUT2D eigenvalue weighted by Gasteiger charge is 2.11. The smallest absolute Gasteiger partial charge is 0.267 e. The fourth-order valence-electron chi connectivity index (χ4n) is 2.46. The molecule has 2 aromatic rings. The van der Waals surface area contributed by atoms with Crippen molar-refractivity contribution in [2.45, 2.75) is 26.2 Å². The van der Waals surface area contributed by atoms with Crippen molar-refractivity contribution in [3.8, 4) is 6.07 Å². The number of anilines is 1. The van der Waals surface area contributed by atoms with E-state index in [0.717, 1.165) is 24.8 Å². The van der Waals surface area contributed by atoms with Gasteiger partial charge in [0, 0.05) is 23.5 Å². The third-order valence-corrected chi connectivity index (χ3v) is 4.42. The van der Waals surface area contributed by atoms with Crippen molar-refractivity contribution in [2.75, 3.05) is 11.9 Å². The number of hydrogen-bond donors (Lipinski definition) is 2. The minimum Gasteiger partial charge on any atom is -0.390 e. The zero-order valence-electron chi connectivity index (χ0n) is 14.8. The molecule has 0 aliphatic carbocycles. The van der Waals surface area contributed by atoms with Crippen molar-refractivity contribution in [1.29, 1.82) is 5.26 Å². The van der Waals surface area contributed by atoms with Gasteiger partial charge in [-0.25, -0.2) is 0 Å². The molecule has 2 N–H and O–H groups in total. The van der Waals surface area contributed by atoms with Crippen LogP contribution in [0, 0.1) is 18.3 Å². The van der Waals surface area contributed by atoms with Crippen molar-refractivity contribution < 1.29 is 4.79 Å². The summed E-state index contributed by atoms with van der Waals surface area (Å²) in [4.78, 5) is 12.2. The third kappa shape index (κ3) is 5.94. The Bertz CT molecular complexity index is 810. The number of benzene rings is 2. The topological polar surface area (TPSA) is 64.9 Å². The minimum atomic E-state index is -0.449. The van der Waals surface area contributed by atoms with Gasteiger partial charge in [-0.1, -0.05) is 48.0 Å². The van der Waals surface area contributed by atoms with E-state index in [4.69, 9.17) is 11.6 Å². The van der Waals surface area contributed by atoms with Crippen LogP contribution in [-0.2, 0) is 11.2 Å². The second-order valence-electron chi connectivity index (χ2n) is 5.93. The largest absolute Gasteiger partial charge is 0.390 e. The maximum Gasteiger partial charge on any atom is 0.267 e. The predicted octanol–water partition coefficient (Wildman–Crippen LogP) is 4.61. The standard InChI is InChI=1S/C21H22ClN3O/c1-16-19(22)11-7-12-20(16)25-21(26)18(14-23)15-24-13-6-5-10-17-8-3-2-4-9-17/h2-4,7-9,11-12,15,24H,5-6,10,13H2,1H3,(H,25,26)/b18-15-. The van der Waals surface area contributed by atoms with Crippen molar-refractivity contribution >= 4 is 23.2 Å². The van der Waals surface area contributed by atoms with E-state index in [1.807, 2.05) is 31.2 Å². The van der Waals surface area contributed by atoms with E-state index in [0.29, 0.717) is 17.3 Å². The molecule has 0 heterocycles. The monoisotopic (exact) mass is 367 g/mol. The Hall–Kier alpha value is -2.77. The Morgan fingerprint density at radius 2 is 1.92 bits per heavy atom. The SMILES string of the molecule is Cc1c(Cl)cccc1NC(=O)/C(C#N)=C\NCCCCc1ccccc1. The first kappa shape index (κ1) is 19.6. The highest BCUT2D eigenvalue weighted by Crippen LogP contribution is 2.23. The summed E-state index contributed by atoms with van der Waals surface area (Å²) in [5.41, 5.74) is 2.73. The Labute approximate surface area is 159 Å². The molecule has 26 heavy (non-hydrogen) atoms. The lowest BCUT2D eigenvalue weighted by Crippen LogP contribution is -2.17. The molecule has 0 radical (unpaired) electrons. The lowest BCUT2D eigenvalue weighted by molar-refractivity contribution is -0.112. The van der Waals surface area contributed by atoms with Gasteiger partial charge in [0.05, 0.1) is 0 Å². The molecule has 0 aliphatic heterocycles. The maximum absolute atomic E-state index is 12.2. The van der Waals surface area contributed by atoms with Crippen LogP contribution in [0.5, 0.6) is 0 Å². The number of halogens is 1. The quantitative estimate of drug-likeness (QED) is 0.407. The number of aryl methyl sites for hydroxylation is 1. The molecule has 2 aromatic carbocycles. The number of carbonyl (C=O) groups is 1. The average molecular weight is 368 g/mol. The molecule has 0 bridgehead atoms. The van der Waals surface area contributed by atoms with Crippen LogP contribution in [-0.4, -0.2) is 12.5 Å². The summed E-state index contributed by atoms with van der Waals surface area (Å²) in [7, 11) is 0. The van der Waals surface area contributed by atoms with E-state index in [2.05, 4.69) is 22.8 Å². The van der Waals surface area contributed by atoms with Gasteiger partial charge in [0.1, 0.15) is 11.6 Å². The first-order chi connectivity index (χ1) is 12.6. The van der Waals surface area contributed by atoms with Gasteiger partial charge in [0.15, 0.2) is 0 Å². The molecule has 5 heteroatoms. The first-order valence-corrected chi connectivity index (χ1v) is 8.93. The molecule has 1 amide bonds. The summed E-state index contributed by atoms with van der Waals surface area (Å²) in [6.45, 7) is 2.53. The molecule has 0 fully saturated rings. The van der Waals surface area contributed by atoms with Gasteiger partial charge < -0.3 is 10.6 Å². The molecule has 0 saturated carbocycles. The summed E-state index contributed by atoms with van der Waals surface area (Å²) in [6, 6.07) is 17.5. The Kier molecular flexibility index (Phi) is 7.73. The molecule has 0 aliphatic rings. The fourth-order valence-corrected chi connectivity index (χ4v) is 2.63. The summed E-state index contributed by atoms with van der Waals surface area (Å²) >= 11 is 6.04. The van der Waals surface area contributed by atoms with Crippen molar-refractivity contribution in [3.63, 3.8) is 0 Å². The number of hydrogen-bond acceptors (Lipinski definition) is 3. The zero-order valence-corrected chi connectivity index (χ0v) is 15.5. The molecule has 0 spiro atoms. The zero-order chi connectivity index (χ0) is 18.8. The highest BCUT2D eigenvalue weighted by atomic mass is 35.5.